The minimum Gasteiger partial charge on any atom is -0.496 e. The first-order chi connectivity index (χ1) is 24.8. The monoisotopic (exact) mass is 725 g/mol. The molecule has 0 radical (unpaired) electrons. The van der Waals surface area contributed by atoms with Crippen molar-refractivity contribution in [1.82, 2.24) is 25.3 Å². The molecular formula is C40H41Cl2N5O4. The maximum atomic E-state index is 11.6. The fraction of sp³-hybridized carbons (Fsp3) is 0.325. The minimum absolute atomic E-state index is 0.132. The summed E-state index contributed by atoms with van der Waals surface area (Å²) < 4.78 is 7.72. The van der Waals surface area contributed by atoms with Crippen molar-refractivity contribution in [2.45, 2.75) is 51.4 Å². The first-order valence-corrected chi connectivity index (χ1v) is 18.2. The van der Waals surface area contributed by atoms with Crippen molar-refractivity contribution in [2.24, 2.45) is 5.92 Å². The maximum Gasteiger partial charge on any atom is 0.307 e. The van der Waals surface area contributed by atoms with Crippen LogP contribution < -0.4 is 15.4 Å². The molecule has 0 bridgehead atoms. The van der Waals surface area contributed by atoms with Crippen LogP contribution in [0.3, 0.4) is 0 Å². The van der Waals surface area contributed by atoms with Crippen molar-refractivity contribution in [1.29, 1.82) is 0 Å². The first-order valence-electron chi connectivity index (χ1n) is 17.4. The number of hydrogen-bond acceptors (Lipinski definition) is 6. The van der Waals surface area contributed by atoms with E-state index in [2.05, 4.69) is 45.9 Å². The highest BCUT2D eigenvalue weighted by molar-refractivity contribution is 6.36. The molecule has 2 fully saturated rings. The van der Waals surface area contributed by atoms with Crippen LogP contribution in [0, 0.1) is 5.92 Å². The second-order valence-corrected chi connectivity index (χ2v) is 14.3. The van der Waals surface area contributed by atoms with Gasteiger partial charge >= 0.3 is 5.97 Å². The van der Waals surface area contributed by atoms with E-state index < -0.39 is 5.97 Å². The molecule has 2 saturated heterocycles. The standard InChI is InChI=1S/C40H41Cl2N5O4/c1-51-37-18-28(35(41)17-29(37)23-46-16-4-5-27(22-46)40(49)50)24-47-36-9-3-7-32(34(36)21-44-47)33-8-2-6-31(39(33)42)26-12-10-25(11-13-26)19-43-20-30-14-15-38(48)45-30/h2-3,6-13,17-18,21,27,30,43H,4-5,14-16,19-20,22-24H2,1H3,(H,45,48)(H,49,50)/t27-,30-/m0/s1. The number of carbonyl (C=O) groups is 2. The smallest absolute Gasteiger partial charge is 0.307 e. The summed E-state index contributed by atoms with van der Waals surface area (Å²) >= 11 is 14.0. The Bertz CT molecular complexity index is 2060. The number of likely N-dealkylation sites (tertiary alicyclic amines) is 1. The number of ether oxygens (including phenoxy) is 1. The van der Waals surface area contributed by atoms with Crippen molar-refractivity contribution < 1.29 is 19.4 Å². The van der Waals surface area contributed by atoms with Gasteiger partial charge in [0.05, 0.1) is 36.3 Å². The topological polar surface area (TPSA) is 109 Å². The number of carboxylic acid groups (broad SMARTS) is 1. The van der Waals surface area contributed by atoms with E-state index in [-0.39, 0.29) is 17.9 Å². The Kier molecular flexibility index (Phi) is 10.6. The van der Waals surface area contributed by atoms with Gasteiger partial charge < -0.3 is 20.5 Å². The van der Waals surface area contributed by atoms with E-state index in [1.807, 2.05) is 53.3 Å². The Labute approximate surface area is 307 Å². The molecule has 264 valence electrons. The number of fused-ring (bicyclic) bond motifs is 1. The average molecular weight is 727 g/mol. The van der Waals surface area contributed by atoms with Crippen LogP contribution >= 0.6 is 23.2 Å². The van der Waals surface area contributed by atoms with Crippen LogP contribution in [0.5, 0.6) is 5.75 Å². The third kappa shape index (κ3) is 7.77. The Hall–Kier alpha value is -4.41. The van der Waals surface area contributed by atoms with E-state index in [0.29, 0.717) is 42.5 Å². The number of rotatable bonds is 12. The number of carboxylic acids is 1. The molecule has 1 aromatic heterocycles. The lowest BCUT2D eigenvalue weighted by molar-refractivity contribution is -0.143. The highest BCUT2D eigenvalue weighted by Gasteiger charge is 2.26. The van der Waals surface area contributed by atoms with Crippen LogP contribution in [0.4, 0.5) is 0 Å². The number of nitrogens with one attached hydrogen (secondary N) is 2. The van der Waals surface area contributed by atoms with Gasteiger partial charge in [-0.25, -0.2) is 0 Å². The molecule has 11 heteroatoms. The molecule has 3 heterocycles. The van der Waals surface area contributed by atoms with Crippen LogP contribution in [0.2, 0.25) is 10.0 Å². The largest absolute Gasteiger partial charge is 0.496 e. The molecule has 0 spiro atoms. The van der Waals surface area contributed by atoms with E-state index >= 15 is 0 Å². The van der Waals surface area contributed by atoms with E-state index in [1.54, 1.807) is 7.11 Å². The van der Waals surface area contributed by atoms with Gasteiger partial charge in [0.15, 0.2) is 0 Å². The Morgan fingerprint density at radius 3 is 2.55 bits per heavy atom. The van der Waals surface area contributed by atoms with Gasteiger partial charge in [0.25, 0.3) is 0 Å². The minimum atomic E-state index is -0.743. The predicted molar refractivity (Wildman–Crippen MR) is 201 cm³/mol. The molecule has 2 atom stereocenters. The number of aliphatic carboxylic acids is 1. The molecule has 0 saturated carbocycles. The van der Waals surface area contributed by atoms with Gasteiger partial charge in [-0.3, -0.25) is 19.2 Å². The number of piperidine rings is 1. The molecule has 4 aromatic carbocycles. The number of halogens is 2. The Morgan fingerprint density at radius 1 is 1.00 bits per heavy atom. The third-order valence-corrected chi connectivity index (χ3v) is 10.8. The quantitative estimate of drug-likeness (QED) is 0.123. The molecule has 3 N–H and O–H groups in total. The van der Waals surface area contributed by atoms with Gasteiger partial charge in [0.1, 0.15) is 5.75 Å². The Balaban J connectivity index is 1.08. The second-order valence-electron chi connectivity index (χ2n) is 13.5. The van der Waals surface area contributed by atoms with Gasteiger partial charge in [0, 0.05) is 65.7 Å². The van der Waals surface area contributed by atoms with Crippen molar-refractivity contribution in [2.75, 3.05) is 26.7 Å². The lowest BCUT2D eigenvalue weighted by Crippen LogP contribution is -2.38. The molecule has 0 unspecified atom stereocenters. The number of benzene rings is 4. The number of methoxy groups -OCH3 is 1. The van der Waals surface area contributed by atoms with Crippen LogP contribution in [0.15, 0.2) is 79.0 Å². The lowest BCUT2D eigenvalue weighted by Gasteiger charge is -2.31. The van der Waals surface area contributed by atoms with E-state index in [1.165, 1.54) is 0 Å². The summed E-state index contributed by atoms with van der Waals surface area (Å²) in [7, 11) is 1.65. The zero-order chi connectivity index (χ0) is 35.5. The van der Waals surface area contributed by atoms with Gasteiger partial charge in [-0.1, -0.05) is 77.8 Å². The van der Waals surface area contributed by atoms with Crippen molar-refractivity contribution in [3.8, 4) is 28.0 Å². The summed E-state index contributed by atoms with van der Waals surface area (Å²) in [4.78, 5) is 25.2. The zero-order valence-corrected chi connectivity index (χ0v) is 30.0. The highest BCUT2D eigenvalue weighted by atomic mass is 35.5. The molecule has 2 aliphatic heterocycles. The molecule has 9 nitrogen and oxygen atoms in total. The van der Waals surface area contributed by atoms with Crippen molar-refractivity contribution >= 4 is 46.0 Å². The zero-order valence-electron chi connectivity index (χ0n) is 28.5. The molecule has 51 heavy (non-hydrogen) atoms. The number of nitrogens with zero attached hydrogens (tertiary/aromatic N) is 3. The van der Waals surface area contributed by atoms with Crippen LogP contribution in [0.1, 0.15) is 42.4 Å². The summed E-state index contributed by atoms with van der Waals surface area (Å²) in [5, 5.41) is 23.0. The fourth-order valence-electron chi connectivity index (χ4n) is 7.32. The molecule has 1 amide bonds. The maximum absolute atomic E-state index is 11.6. The van der Waals surface area contributed by atoms with Gasteiger partial charge in [-0.2, -0.15) is 5.10 Å². The van der Waals surface area contributed by atoms with E-state index in [0.717, 1.165) is 88.1 Å². The lowest BCUT2D eigenvalue weighted by atomic mass is 9.96. The van der Waals surface area contributed by atoms with Gasteiger partial charge in [-0.15, -0.1) is 0 Å². The molecular weight excluding hydrogens is 685 g/mol. The molecule has 2 aliphatic rings. The summed E-state index contributed by atoms with van der Waals surface area (Å²) in [6.45, 7) is 3.85. The highest BCUT2D eigenvalue weighted by Crippen LogP contribution is 2.39. The van der Waals surface area contributed by atoms with E-state index in [9.17, 15) is 14.7 Å². The summed E-state index contributed by atoms with van der Waals surface area (Å²) in [6, 6.07) is 24.8. The predicted octanol–water partition coefficient (Wildman–Crippen LogP) is 7.40. The van der Waals surface area contributed by atoms with Crippen LogP contribution in [-0.4, -0.2) is 64.4 Å². The number of hydrogen-bond donors (Lipinski definition) is 3. The fourth-order valence-corrected chi connectivity index (χ4v) is 7.91. The molecule has 7 rings (SSSR count). The molecule has 0 aliphatic carbocycles. The van der Waals surface area contributed by atoms with E-state index in [4.69, 9.17) is 33.0 Å². The number of aromatic nitrogens is 2. The van der Waals surface area contributed by atoms with Gasteiger partial charge in [-0.05, 0) is 66.3 Å². The summed E-state index contributed by atoms with van der Waals surface area (Å²) in [5.74, 6) is -0.245. The first kappa shape index (κ1) is 35.0. The summed E-state index contributed by atoms with van der Waals surface area (Å²) in [6.07, 6.45) is 4.92. The van der Waals surface area contributed by atoms with Gasteiger partial charge in [0.2, 0.25) is 5.91 Å². The van der Waals surface area contributed by atoms with Crippen molar-refractivity contribution in [3.05, 3.63) is 106 Å². The Morgan fingerprint density at radius 2 is 1.78 bits per heavy atom. The normalized spacial score (nSPS) is 17.9. The summed E-state index contributed by atoms with van der Waals surface area (Å²) in [5.41, 5.74) is 7.83. The average Bonchev–Trinajstić information content (AvgIpc) is 3.75. The molecule has 5 aromatic rings. The SMILES string of the molecule is COc1cc(Cn2ncc3c(-c4cccc(-c5ccc(CNC[C@@H]6CCC(=O)N6)cc5)c4Cl)cccc32)c(Cl)cc1CN1CCC[C@H](C(=O)O)C1. The van der Waals surface area contributed by atoms with Crippen LogP contribution in [0.25, 0.3) is 33.2 Å². The van der Waals surface area contributed by atoms with Crippen LogP contribution in [-0.2, 0) is 29.2 Å². The second kappa shape index (κ2) is 15.5. The number of amides is 1. The third-order valence-electron chi connectivity index (χ3n) is 10.1. The van der Waals surface area contributed by atoms with Crippen molar-refractivity contribution in [3.63, 3.8) is 0 Å². The number of carbonyl (C=O) groups excluding carboxylic acids is 1.